The van der Waals surface area contributed by atoms with Crippen LogP contribution in [0.1, 0.15) is 20.3 Å². The number of hydrogen-bond acceptors (Lipinski definition) is 2. The first-order valence-electron chi connectivity index (χ1n) is 5.85. The van der Waals surface area contributed by atoms with E-state index in [0.717, 1.165) is 19.5 Å². The molecule has 1 aromatic rings. The van der Waals surface area contributed by atoms with Crippen molar-refractivity contribution in [3.63, 3.8) is 0 Å². The van der Waals surface area contributed by atoms with E-state index in [0.29, 0.717) is 11.7 Å². The molecule has 16 heavy (non-hydrogen) atoms. The highest BCUT2D eigenvalue weighted by Gasteiger charge is 2.09. The lowest BCUT2D eigenvalue weighted by Gasteiger charge is -2.25. The fraction of sp³-hybridized carbons (Fsp3) is 0.538. The summed E-state index contributed by atoms with van der Waals surface area (Å²) in [6.45, 7) is 5.89. The molecule has 1 atom stereocenters. The van der Waals surface area contributed by atoms with Crippen molar-refractivity contribution in [1.29, 1.82) is 0 Å². The van der Waals surface area contributed by atoms with Crippen molar-refractivity contribution in [2.24, 2.45) is 0 Å². The van der Waals surface area contributed by atoms with Gasteiger partial charge in [0.05, 0.1) is 5.69 Å². The number of anilines is 1. The predicted molar refractivity (Wildman–Crippen MR) is 67.4 cm³/mol. The largest absolute Gasteiger partial charge is 0.369 e. The summed E-state index contributed by atoms with van der Waals surface area (Å²) in [5.41, 5.74) is 0.702. The van der Waals surface area contributed by atoms with Crippen LogP contribution in [0.15, 0.2) is 24.3 Å². The zero-order chi connectivity index (χ0) is 12.0. The molecule has 0 saturated heterocycles. The summed E-state index contributed by atoms with van der Waals surface area (Å²) in [6, 6.07) is 7.41. The van der Waals surface area contributed by atoms with E-state index in [1.54, 1.807) is 6.07 Å². The minimum absolute atomic E-state index is 0.138. The first-order valence-corrected chi connectivity index (χ1v) is 5.85. The van der Waals surface area contributed by atoms with Crippen molar-refractivity contribution >= 4 is 5.69 Å². The Morgan fingerprint density at radius 1 is 1.38 bits per heavy atom. The third-order valence-electron chi connectivity index (χ3n) is 2.90. The van der Waals surface area contributed by atoms with Gasteiger partial charge < -0.3 is 10.2 Å². The monoisotopic (exact) mass is 224 g/mol. The van der Waals surface area contributed by atoms with Gasteiger partial charge in [-0.25, -0.2) is 4.39 Å². The highest BCUT2D eigenvalue weighted by molar-refractivity contribution is 5.47. The van der Waals surface area contributed by atoms with E-state index in [-0.39, 0.29) is 5.82 Å². The second-order valence-electron chi connectivity index (χ2n) is 4.01. The standard InChI is InChI=1S/C13H21FN2/c1-4-16(10-9-11(2)15-3)13-8-6-5-7-12(13)14/h5-8,11,15H,4,9-10H2,1-3H3. The van der Waals surface area contributed by atoms with Gasteiger partial charge in [0.2, 0.25) is 0 Å². The first kappa shape index (κ1) is 13.0. The number of nitrogens with zero attached hydrogens (tertiary/aromatic N) is 1. The van der Waals surface area contributed by atoms with E-state index in [2.05, 4.69) is 24.1 Å². The van der Waals surface area contributed by atoms with Crippen LogP contribution in [0.3, 0.4) is 0 Å². The van der Waals surface area contributed by atoms with Crippen molar-refractivity contribution in [2.45, 2.75) is 26.3 Å². The number of nitrogens with one attached hydrogen (secondary N) is 1. The Labute approximate surface area is 97.5 Å². The van der Waals surface area contributed by atoms with Crippen molar-refractivity contribution < 1.29 is 4.39 Å². The van der Waals surface area contributed by atoms with E-state index in [9.17, 15) is 4.39 Å². The molecule has 1 N–H and O–H groups in total. The number of hydrogen-bond donors (Lipinski definition) is 1. The molecule has 3 heteroatoms. The van der Waals surface area contributed by atoms with Crippen molar-refractivity contribution in [2.75, 3.05) is 25.0 Å². The summed E-state index contributed by atoms with van der Waals surface area (Å²) in [6.07, 6.45) is 1.01. The van der Waals surface area contributed by atoms with Gasteiger partial charge in [-0.3, -0.25) is 0 Å². The van der Waals surface area contributed by atoms with E-state index in [1.807, 2.05) is 19.2 Å². The molecule has 0 heterocycles. The molecule has 0 saturated carbocycles. The van der Waals surface area contributed by atoms with Gasteiger partial charge in [-0.1, -0.05) is 12.1 Å². The smallest absolute Gasteiger partial charge is 0.146 e. The van der Waals surface area contributed by atoms with Gasteiger partial charge in [-0.15, -0.1) is 0 Å². The molecular formula is C13H21FN2. The maximum atomic E-state index is 13.6. The quantitative estimate of drug-likeness (QED) is 0.799. The topological polar surface area (TPSA) is 15.3 Å². The molecule has 0 aromatic heterocycles. The van der Waals surface area contributed by atoms with E-state index < -0.39 is 0 Å². The van der Waals surface area contributed by atoms with Crippen molar-refractivity contribution in [3.8, 4) is 0 Å². The molecule has 0 radical (unpaired) electrons. The predicted octanol–water partition coefficient (Wildman–Crippen LogP) is 2.65. The van der Waals surface area contributed by atoms with Gasteiger partial charge in [0.15, 0.2) is 0 Å². The lowest BCUT2D eigenvalue weighted by atomic mass is 10.2. The third-order valence-corrected chi connectivity index (χ3v) is 2.90. The van der Waals surface area contributed by atoms with Crippen LogP contribution in [0.4, 0.5) is 10.1 Å². The van der Waals surface area contributed by atoms with E-state index in [4.69, 9.17) is 0 Å². The van der Waals surface area contributed by atoms with Gasteiger partial charge in [-0.2, -0.15) is 0 Å². The van der Waals surface area contributed by atoms with Gasteiger partial charge >= 0.3 is 0 Å². The van der Waals surface area contributed by atoms with Crippen molar-refractivity contribution in [1.82, 2.24) is 5.32 Å². The Hall–Kier alpha value is -1.09. The van der Waals surface area contributed by atoms with E-state index in [1.165, 1.54) is 6.07 Å². The second kappa shape index (κ2) is 6.48. The van der Waals surface area contributed by atoms with Crippen LogP contribution < -0.4 is 10.2 Å². The van der Waals surface area contributed by atoms with Crippen LogP contribution in [0.2, 0.25) is 0 Å². The lowest BCUT2D eigenvalue weighted by Crippen LogP contribution is -2.31. The van der Waals surface area contributed by atoms with Crippen molar-refractivity contribution in [3.05, 3.63) is 30.1 Å². The minimum atomic E-state index is -0.138. The Morgan fingerprint density at radius 2 is 2.06 bits per heavy atom. The summed E-state index contributed by atoms with van der Waals surface area (Å²) in [7, 11) is 1.95. The molecule has 0 amide bonds. The molecule has 1 unspecified atom stereocenters. The Balaban J connectivity index is 2.64. The first-order chi connectivity index (χ1) is 7.69. The van der Waals surface area contributed by atoms with Gasteiger partial charge in [0.1, 0.15) is 5.82 Å². The van der Waals surface area contributed by atoms with Gasteiger partial charge in [-0.05, 0) is 39.4 Å². The fourth-order valence-electron chi connectivity index (χ4n) is 1.65. The van der Waals surface area contributed by atoms with Gasteiger partial charge in [0, 0.05) is 19.1 Å². The molecule has 0 spiro atoms. The number of halogens is 1. The van der Waals surface area contributed by atoms with Crippen LogP contribution in [0, 0.1) is 5.82 Å². The van der Waals surface area contributed by atoms with Crippen LogP contribution >= 0.6 is 0 Å². The highest BCUT2D eigenvalue weighted by atomic mass is 19.1. The van der Waals surface area contributed by atoms with Crippen LogP contribution in [0.25, 0.3) is 0 Å². The van der Waals surface area contributed by atoms with Crippen LogP contribution in [-0.2, 0) is 0 Å². The molecule has 2 nitrogen and oxygen atoms in total. The summed E-state index contributed by atoms with van der Waals surface area (Å²) in [5.74, 6) is -0.138. The molecule has 0 aliphatic heterocycles. The zero-order valence-corrected chi connectivity index (χ0v) is 10.3. The number of rotatable bonds is 6. The average Bonchev–Trinajstić information content (AvgIpc) is 2.31. The van der Waals surface area contributed by atoms with Gasteiger partial charge in [0.25, 0.3) is 0 Å². The highest BCUT2D eigenvalue weighted by Crippen LogP contribution is 2.18. The number of benzene rings is 1. The van der Waals surface area contributed by atoms with Crippen LogP contribution in [0.5, 0.6) is 0 Å². The SMILES string of the molecule is CCN(CCC(C)NC)c1ccccc1F. The molecule has 0 fully saturated rings. The summed E-state index contributed by atoms with van der Waals surface area (Å²) < 4.78 is 13.6. The second-order valence-corrected chi connectivity index (χ2v) is 4.01. The Kier molecular flexibility index (Phi) is 5.26. The zero-order valence-electron chi connectivity index (χ0n) is 10.3. The molecule has 90 valence electrons. The molecule has 0 bridgehead atoms. The molecular weight excluding hydrogens is 203 g/mol. The summed E-state index contributed by atoms with van der Waals surface area (Å²) in [4.78, 5) is 2.07. The molecule has 1 rings (SSSR count). The lowest BCUT2D eigenvalue weighted by molar-refractivity contribution is 0.551. The minimum Gasteiger partial charge on any atom is -0.369 e. The normalized spacial score (nSPS) is 12.5. The molecule has 0 aliphatic carbocycles. The van der Waals surface area contributed by atoms with Crippen LogP contribution in [-0.4, -0.2) is 26.2 Å². The molecule has 1 aromatic carbocycles. The number of para-hydroxylation sites is 1. The maximum absolute atomic E-state index is 13.6. The van der Waals surface area contributed by atoms with E-state index >= 15 is 0 Å². The summed E-state index contributed by atoms with van der Waals surface area (Å²) >= 11 is 0. The average molecular weight is 224 g/mol. The third kappa shape index (κ3) is 3.49. The Morgan fingerprint density at radius 3 is 2.62 bits per heavy atom. The fourth-order valence-corrected chi connectivity index (χ4v) is 1.65. The summed E-state index contributed by atoms with van der Waals surface area (Å²) in [5, 5.41) is 3.19. The maximum Gasteiger partial charge on any atom is 0.146 e. The molecule has 0 aliphatic rings. The Bertz CT molecular complexity index is 315.